The van der Waals surface area contributed by atoms with Gasteiger partial charge < -0.3 is 11.1 Å². The predicted octanol–water partition coefficient (Wildman–Crippen LogP) is 0.683. The maximum atomic E-state index is 12.4. The highest BCUT2D eigenvalue weighted by molar-refractivity contribution is 5.88. The van der Waals surface area contributed by atoms with Crippen molar-refractivity contribution in [1.29, 1.82) is 0 Å². The predicted molar refractivity (Wildman–Crippen MR) is 93.7 cm³/mol. The second-order valence-electron chi connectivity index (χ2n) is 5.73. The van der Waals surface area contributed by atoms with Gasteiger partial charge in [0.05, 0.1) is 11.0 Å². The van der Waals surface area contributed by atoms with Crippen LogP contribution in [0.15, 0.2) is 59.4 Å². The Balaban J connectivity index is 1.87. The van der Waals surface area contributed by atoms with Crippen LogP contribution in [0, 0.1) is 0 Å². The smallest absolute Gasteiger partial charge is 0.329 e. The van der Waals surface area contributed by atoms with Crippen LogP contribution >= 0.6 is 0 Å². The summed E-state index contributed by atoms with van der Waals surface area (Å²) in [5.74, 6) is -1.13. The molecular weight excluding hydrogens is 320 g/mol. The molecule has 2 amide bonds. The van der Waals surface area contributed by atoms with Crippen LogP contribution in [0.3, 0.4) is 0 Å². The van der Waals surface area contributed by atoms with Crippen molar-refractivity contribution < 1.29 is 9.59 Å². The van der Waals surface area contributed by atoms with Crippen LogP contribution in [0.5, 0.6) is 0 Å². The minimum atomic E-state index is -0.945. The van der Waals surface area contributed by atoms with Gasteiger partial charge in [0, 0.05) is 7.05 Å². The molecule has 25 heavy (non-hydrogen) atoms. The van der Waals surface area contributed by atoms with Crippen LogP contribution in [0.2, 0.25) is 0 Å². The molecule has 0 aliphatic carbocycles. The van der Waals surface area contributed by atoms with E-state index in [9.17, 15) is 14.4 Å². The third kappa shape index (κ3) is 3.16. The Morgan fingerprint density at radius 3 is 2.28 bits per heavy atom. The molecule has 128 valence electrons. The topological polar surface area (TPSA) is 99.1 Å². The molecule has 0 aliphatic heterocycles. The van der Waals surface area contributed by atoms with E-state index in [0.717, 1.165) is 5.52 Å². The largest absolute Gasteiger partial charge is 0.368 e. The van der Waals surface area contributed by atoms with Crippen molar-refractivity contribution in [2.75, 3.05) is 0 Å². The van der Waals surface area contributed by atoms with E-state index in [1.165, 1.54) is 9.13 Å². The highest BCUT2D eigenvalue weighted by Gasteiger charge is 2.21. The highest BCUT2D eigenvalue weighted by atomic mass is 16.2. The summed E-state index contributed by atoms with van der Waals surface area (Å²) in [4.78, 5) is 36.5. The van der Waals surface area contributed by atoms with Gasteiger partial charge in [-0.05, 0) is 17.7 Å². The van der Waals surface area contributed by atoms with Gasteiger partial charge in [-0.15, -0.1) is 0 Å². The zero-order valence-corrected chi connectivity index (χ0v) is 13.7. The van der Waals surface area contributed by atoms with Crippen molar-refractivity contribution in [3.63, 3.8) is 0 Å². The van der Waals surface area contributed by atoms with Crippen LogP contribution in [0.25, 0.3) is 11.0 Å². The van der Waals surface area contributed by atoms with Crippen molar-refractivity contribution in [2.24, 2.45) is 12.8 Å². The van der Waals surface area contributed by atoms with Gasteiger partial charge in [-0.2, -0.15) is 0 Å². The molecule has 7 heteroatoms. The second kappa shape index (κ2) is 6.64. The van der Waals surface area contributed by atoms with Gasteiger partial charge in [-0.1, -0.05) is 42.5 Å². The van der Waals surface area contributed by atoms with Crippen LogP contribution < -0.4 is 16.7 Å². The van der Waals surface area contributed by atoms with E-state index in [1.807, 2.05) is 6.07 Å². The van der Waals surface area contributed by atoms with Crippen LogP contribution in [0.1, 0.15) is 11.6 Å². The molecule has 1 atom stereocenters. The third-order valence-corrected chi connectivity index (χ3v) is 4.08. The molecule has 3 N–H and O–H groups in total. The first-order chi connectivity index (χ1) is 12.0. The van der Waals surface area contributed by atoms with E-state index in [-0.39, 0.29) is 12.2 Å². The molecule has 0 aliphatic rings. The molecule has 1 aromatic heterocycles. The molecule has 0 unspecified atom stereocenters. The highest BCUT2D eigenvalue weighted by Crippen LogP contribution is 2.13. The van der Waals surface area contributed by atoms with Gasteiger partial charge in [0.15, 0.2) is 0 Å². The Morgan fingerprint density at radius 2 is 1.64 bits per heavy atom. The van der Waals surface area contributed by atoms with Crippen LogP contribution in [0.4, 0.5) is 0 Å². The summed E-state index contributed by atoms with van der Waals surface area (Å²) in [5, 5.41) is 2.60. The first-order valence-electron chi connectivity index (χ1n) is 7.77. The Kier molecular flexibility index (Phi) is 4.38. The number of nitrogens with one attached hydrogen (secondary N) is 1. The van der Waals surface area contributed by atoms with E-state index in [1.54, 1.807) is 55.6 Å². The monoisotopic (exact) mass is 338 g/mol. The maximum Gasteiger partial charge on any atom is 0.329 e. The van der Waals surface area contributed by atoms with Crippen molar-refractivity contribution in [2.45, 2.75) is 12.6 Å². The number of aromatic nitrogens is 2. The van der Waals surface area contributed by atoms with E-state index in [4.69, 9.17) is 5.73 Å². The fraction of sp³-hybridized carbons (Fsp3) is 0.167. The van der Waals surface area contributed by atoms with E-state index in [0.29, 0.717) is 11.1 Å². The molecule has 0 saturated heterocycles. The number of fused-ring (bicyclic) bond motifs is 1. The lowest BCUT2D eigenvalue weighted by Gasteiger charge is -2.16. The van der Waals surface area contributed by atoms with E-state index >= 15 is 0 Å². The number of para-hydroxylation sites is 2. The molecule has 3 aromatic rings. The van der Waals surface area contributed by atoms with Gasteiger partial charge in [0.25, 0.3) is 0 Å². The first-order valence-corrected chi connectivity index (χ1v) is 7.77. The summed E-state index contributed by atoms with van der Waals surface area (Å²) in [5.41, 5.74) is 7.09. The summed E-state index contributed by atoms with van der Waals surface area (Å²) in [6.07, 6.45) is 0. The number of carbonyl (C=O) groups is 2. The molecule has 0 fully saturated rings. The Hall–Kier alpha value is -3.35. The molecular formula is C18H18N4O3. The number of hydrogen-bond donors (Lipinski definition) is 2. The van der Waals surface area contributed by atoms with Gasteiger partial charge >= 0.3 is 5.69 Å². The maximum absolute atomic E-state index is 12.4. The molecule has 0 spiro atoms. The van der Waals surface area contributed by atoms with Gasteiger partial charge in [0.2, 0.25) is 11.8 Å². The minimum Gasteiger partial charge on any atom is -0.368 e. The fourth-order valence-electron chi connectivity index (χ4n) is 2.83. The number of primary amides is 1. The quantitative estimate of drug-likeness (QED) is 0.716. The van der Waals surface area contributed by atoms with Crippen molar-refractivity contribution in [1.82, 2.24) is 14.5 Å². The molecule has 1 heterocycles. The number of nitrogens with two attached hydrogens (primary N) is 1. The average molecular weight is 338 g/mol. The number of hydrogen-bond acceptors (Lipinski definition) is 3. The fourth-order valence-corrected chi connectivity index (χ4v) is 2.83. The number of rotatable bonds is 5. The van der Waals surface area contributed by atoms with Crippen molar-refractivity contribution in [3.8, 4) is 0 Å². The lowest BCUT2D eigenvalue weighted by atomic mass is 10.1. The SMILES string of the molecule is Cn1c(=O)n(CC(=O)N[C@@H](C(N)=O)c2ccccc2)c2ccccc21. The third-order valence-electron chi connectivity index (χ3n) is 4.08. The number of imidazole rings is 1. The summed E-state index contributed by atoms with van der Waals surface area (Å²) in [7, 11) is 1.65. The van der Waals surface area contributed by atoms with Crippen LogP contribution in [-0.2, 0) is 23.2 Å². The summed E-state index contributed by atoms with van der Waals surface area (Å²) in [6.45, 7) is -0.198. The number of carbonyl (C=O) groups excluding carboxylic acids is 2. The number of aryl methyl sites for hydroxylation is 1. The normalized spacial score (nSPS) is 12.0. The molecule has 0 radical (unpaired) electrons. The van der Waals surface area contributed by atoms with E-state index in [2.05, 4.69) is 5.32 Å². The summed E-state index contributed by atoms with van der Waals surface area (Å²) < 4.78 is 2.85. The molecule has 3 rings (SSSR count). The second-order valence-corrected chi connectivity index (χ2v) is 5.73. The minimum absolute atomic E-state index is 0.198. The Bertz CT molecular complexity index is 988. The lowest BCUT2D eigenvalue weighted by Crippen LogP contribution is -2.40. The van der Waals surface area contributed by atoms with Crippen molar-refractivity contribution in [3.05, 3.63) is 70.6 Å². The lowest BCUT2D eigenvalue weighted by molar-refractivity contribution is -0.127. The van der Waals surface area contributed by atoms with Crippen molar-refractivity contribution >= 4 is 22.8 Å². The number of nitrogens with zero attached hydrogens (tertiary/aromatic N) is 2. The molecule has 0 saturated carbocycles. The molecule has 7 nitrogen and oxygen atoms in total. The molecule has 0 bridgehead atoms. The Morgan fingerprint density at radius 1 is 1.04 bits per heavy atom. The number of amides is 2. The van der Waals surface area contributed by atoms with E-state index < -0.39 is 17.9 Å². The van der Waals surface area contributed by atoms with Gasteiger partial charge in [0.1, 0.15) is 12.6 Å². The Labute approximate surface area is 143 Å². The zero-order valence-electron chi connectivity index (χ0n) is 13.7. The summed E-state index contributed by atoms with van der Waals surface area (Å²) in [6, 6.07) is 15.0. The standard InChI is InChI=1S/C18H18N4O3/c1-21-13-9-5-6-10-14(13)22(18(21)25)11-15(23)20-16(17(19)24)12-7-3-2-4-8-12/h2-10,16H,11H2,1H3,(H2,19,24)(H,20,23)/t16-/m1/s1. The first kappa shape index (κ1) is 16.5. The van der Waals surface area contributed by atoms with Gasteiger partial charge in [-0.25, -0.2) is 4.79 Å². The summed E-state index contributed by atoms with van der Waals surface area (Å²) >= 11 is 0. The zero-order chi connectivity index (χ0) is 18.0. The van der Waals surface area contributed by atoms with Gasteiger partial charge in [-0.3, -0.25) is 18.7 Å². The molecule has 2 aromatic carbocycles. The number of benzene rings is 2. The average Bonchev–Trinajstić information content (AvgIpc) is 2.85. The van der Waals surface area contributed by atoms with Crippen LogP contribution in [-0.4, -0.2) is 20.9 Å².